The van der Waals surface area contributed by atoms with E-state index in [-0.39, 0.29) is 6.04 Å². The van der Waals surface area contributed by atoms with Gasteiger partial charge in [-0.1, -0.05) is 64.8 Å². The fourth-order valence-corrected chi connectivity index (χ4v) is 4.09. The Morgan fingerprint density at radius 3 is 2.70 bits per heavy atom. The Bertz CT molecular complexity index is 1230. The van der Waals surface area contributed by atoms with Crippen molar-refractivity contribution in [3.8, 4) is 5.95 Å². The van der Waals surface area contributed by atoms with Crippen molar-refractivity contribution in [1.29, 1.82) is 0 Å². The highest BCUT2D eigenvalue weighted by Gasteiger charge is 2.28. The molecule has 0 saturated carbocycles. The van der Waals surface area contributed by atoms with E-state index < -0.39 is 0 Å². The van der Waals surface area contributed by atoms with Crippen molar-refractivity contribution in [3.63, 3.8) is 0 Å². The van der Waals surface area contributed by atoms with Gasteiger partial charge in [0.25, 0.3) is 0 Å². The highest BCUT2D eigenvalue weighted by molar-refractivity contribution is 6.43. The minimum Gasteiger partial charge on any atom is -0.338 e. The van der Waals surface area contributed by atoms with E-state index in [4.69, 9.17) is 23.2 Å². The molecule has 1 aliphatic heterocycles. The number of benzene rings is 2. The topological polar surface area (TPSA) is 51.8 Å². The van der Waals surface area contributed by atoms with E-state index in [9.17, 15) is 0 Å². The Kier molecular flexibility index (Phi) is 4.81. The van der Waals surface area contributed by atoms with Gasteiger partial charge in [-0.15, -0.1) is 5.10 Å². The molecule has 2 aromatic carbocycles. The van der Waals surface area contributed by atoms with Crippen molar-refractivity contribution in [1.82, 2.24) is 24.5 Å². The molecule has 0 fully saturated rings. The Labute approximate surface area is 184 Å². The Morgan fingerprint density at radius 2 is 1.87 bits per heavy atom. The van der Waals surface area contributed by atoms with Crippen LogP contribution in [0.1, 0.15) is 29.9 Å². The van der Waals surface area contributed by atoms with Gasteiger partial charge in [0.05, 0.1) is 34.0 Å². The standard InChI is InChI=1S/C22H18Cl2N6/c1-15-21-19(10-12-29(15)18-9-5-8-17(23)20(18)24)30(27-26-21)22-25-11-13-28(22)14-16-6-3-2-4-7-16/h2-13,15H,14H2,1H3. The van der Waals surface area contributed by atoms with Crippen molar-refractivity contribution in [2.24, 2.45) is 0 Å². The van der Waals surface area contributed by atoms with Gasteiger partial charge >= 0.3 is 0 Å². The maximum absolute atomic E-state index is 6.44. The summed E-state index contributed by atoms with van der Waals surface area (Å²) in [5, 5.41) is 9.91. The van der Waals surface area contributed by atoms with Crippen molar-refractivity contribution in [2.45, 2.75) is 19.5 Å². The molecule has 0 spiro atoms. The van der Waals surface area contributed by atoms with Gasteiger partial charge in [0.1, 0.15) is 5.69 Å². The molecule has 0 saturated heterocycles. The molecule has 5 rings (SSSR count). The first-order valence-electron chi connectivity index (χ1n) is 9.55. The van der Waals surface area contributed by atoms with Gasteiger partial charge in [0.2, 0.25) is 5.95 Å². The summed E-state index contributed by atoms with van der Waals surface area (Å²) in [6.07, 6.45) is 7.69. The third kappa shape index (κ3) is 3.18. The lowest BCUT2D eigenvalue weighted by Crippen LogP contribution is -2.25. The van der Waals surface area contributed by atoms with E-state index in [2.05, 4.69) is 38.9 Å². The van der Waals surface area contributed by atoms with Gasteiger partial charge in [-0.25, -0.2) is 4.98 Å². The number of anilines is 1. The lowest BCUT2D eigenvalue weighted by molar-refractivity contribution is 0.680. The number of halogens is 2. The summed E-state index contributed by atoms with van der Waals surface area (Å²) < 4.78 is 3.84. The number of hydrogen-bond acceptors (Lipinski definition) is 4. The number of imidazole rings is 1. The zero-order valence-corrected chi connectivity index (χ0v) is 17.7. The zero-order valence-electron chi connectivity index (χ0n) is 16.2. The predicted molar refractivity (Wildman–Crippen MR) is 119 cm³/mol. The van der Waals surface area contributed by atoms with Gasteiger partial charge in [0, 0.05) is 18.6 Å². The van der Waals surface area contributed by atoms with E-state index in [1.54, 1.807) is 16.9 Å². The zero-order chi connectivity index (χ0) is 20.7. The van der Waals surface area contributed by atoms with Crippen LogP contribution in [0.25, 0.3) is 12.0 Å². The van der Waals surface area contributed by atoms with Crippen LogP contribution >= 0.6 is 23.2 Å². The molecule has 3 heterocycles. The lowest BCUT2D eigenvalue weighted by Gasteiger charge is -2.30. The minimum absolute atomic E-state index is 0.0627. The van der Waals surface area contributed by atoms with Gasteiger partial charge in [-0.2, -0.15) is 4.68 Å². The maximum Gasteiger partial charge on any atom is 0.233 e. The summed E-state index contributed by atoms with van der Waals surface area (Å²) in [6.45, 7) is 2.77. The number of rotatable bonds is 4. The third-order valence-electron chi connectivity index (χ3n) is 5.23. The maximum atomic E-state index is 6.44. The summed E-state index contributed by atoms with van der Waals surface area (Å²) in [4.78, 5) is 6.58. The number of hydrogen-bond donors (Lipinski definition) is 0. The quantitative estimate of drug-likeness (QED) is 0.431. The molecule has 1 atom stereocenters. The second-order valence-electron chi connectivity index (χ2n) is 7.08. The minimum atomic E-state index is -0.0627. The van der Waals surface area contributed by atoms with Crippen LogP contribution < -0.4 is 4.90 Å². The molecule has 0 N–H and O–H groups in total. The molecular weight excluding hydrogens is 419 g/mol. The second kappa shape index (κ2) is 7.63. The van der Waals surface area contributed by atoms with Crippen LogP contribution in [0.2, 0.25) is 10.0 Å². The largest absolute Gasteiger partial charge is 0.338 e. The first kappa shape index (κ1) is 18.9. The molecule has 0 aliphatic carbocycles. The number of aromatic nitrogens is 5. The van der Waals surface area contributed by atoms with Crippen LogP contribution in [0.4, 0.5) is 5.69 Å². The molecule has 6 nitrogen and oxygen atoms in total. The predicted octanol–water partition coefficient (Wildman–Crippen LogP) is 5.37. The average molecular weight is 437 g/mol. The summed E-state index contributed by atoms with van der Waals surface area (Å²) in [5.74, 6) is 0.721. The van der Waals surface area contributed by atoms with E-state index in [1.807, 2.05) is 53.7 Å². The van der Waals surface area contributed by atoms with Crippen LogP contribution in [-0.4, -0.2) is 24.5 Å². The Hall–Kier alpha value is -3.09. The molecule has 0 amide bonds. The summed E-state index contributed by atoms with van der Waals surface area (Å²) in [6, 6.07) is 15.8. The molecule has 0 bridgehead atoms. The van der Waals surface area contributed by atoms with E-state index >= 15 is 0 Å². The molecule has 0 radical (unpaired) electrons. The smallest absolute Gasteiger partial charge is 0.233 e. The molecule has 1 unspecified atom stereocenters. The summed E-state index contributed by atoms with van der Waals surface area (Å²) in [7, 11) is 0. The summed E-state index contributed by atoms with van der Waals surface area (Å²) >= 11 is 12.7. The van der Waals surface area contributed by atoms with Crippen LogP contribution in [-0.2, 0) is 6.54 Å². The SMILES string of the molecule is CC1c2nnn(-c3nccn3Cc3ccccc3)c2C=CN1c1cccc(Cl)c1Cl. The normalized spacial score (nSPS) is 15.4. The Morgan fingerprint density at radius 1 is 1.03 bits per heavy atom. The fourth-order valence-electron chi connectivity index (χ4n) is 3.70. The molecule has 8 heteroatoms. The monoisotopic (exact) mass is 436 g/mol. The highest BCUT2D eigenvalue weighted by atomic mass is 35.5. The van der Waals surface area contributed by atoms with Gasteiger partial charge < -0.3 is 9.47 Å². The first-order valence-corrected chi connectivity index (χ1v) is 10.3. The van der Waals surface area contributed by atoms with Crippen molar-refractivity contribution < 1.29 is 0 Å². The van der Waals surface area contributed by atoms with Crippen LogP contribution in [0.3, 0.4) is 0 Å². The molecule has 30 heavy (non-hydrogen) atoms. The van der Waals surface area contributed by atoms with Crippen molar-refractivity contribution in [3.05, 3.63) is 94.1 Å². The van der Waals surface area contributed by atoms with Crippen LogP contribution in [0, 0.1) is 0 Å². The van der Waals surface area contributed by atoms with Gasteiger partial charge in [-0.05, 0) is 30.7 Å². The second-order valence-corrected chi connectivity index (χ2v) is 7.87. The molecule has 4 aromatic rings. The highest BCUT2D eigenvalue weighted by Crippen LogP contribution is 2.39. The molecule has 150 valence electrons. The molecule has 2 aromatic heterocycles. The van der Waals surface area contributed by atoms with E-state index in [1.165, 1.54) is 5.56 Å². The van der Waals surface area contributed by atoms with Gasteiger partial charge in [0.15, 0.2) is 0 Å². The third-order valence-corrected chi connectivity index (χ3v) is 6.04. The van der Waals surface area contributed by atoms with Crippen LogP contribution in [0.15, 0.2) is 67.1 Å². The number of fused-ring (bicyclic) bond motifs is 1. The lowest BCUT2D eigenvalue weighted by atomic mass is 10.1. The molecule has 1 aliphatic rings. The fraction of sp³-hybridized carbons (Fsp3) is 0.136. The van der Waals surface area contributed by atoms with Gasteiger partial charge in [-0.3, -0.25) is 0 Å². The van der Waals surface area contributed by atoms with E-state index in [0.29, 0.717) is 16.6 Å². The molecular formula is C22H18Cl2N6. The van der Waals surface area contributed by atoms with E-state index in [0.717, 1.165) is 23.0 Å². The summed E-state index contributed by atoms with van der Waals surface area (Å²) in [5.41, 5.74) is 3.77. The average Bonchev–Trinajstić information content (AvgIpc) is 3.38. The first-order chi connectivity index (χ1) is 14.6. The van der Waals surface area contributed by atoms with Crippen LogP contribution in [0.5, 0.6) is 0 Å². The van der Waals surface area contributed by atoms with Crippen molar-refractivity contribution in [2.75, 3.05) is 4.90 Å². The number of nitrogens with zero attached hydrogens (tertiary/aromatic N) is 6. The Balaban J connectivity index is 1.50. The van der Waals surface area contributed by atoms with Crippen molar-refractivity contribution >= 4 is 35.0 Å².